The lowest BCUT2D eigenvalue weighted by Crippen LogP contribution is -1.93. The summed E-state index contributed by atoms with van der Waals surface area (Å²) in [4.78, 5) is 7.21. The molecule has 2 rings (SSSR count). The van der Waals surface area contributed by atoms with E-state index in [-0.39, 0.29) is 0 Å². The molecule has 2 heterocycles. The van der Waals surface area contributed by atoms with Crippen LogP contribution in [0.1, 0.15) is 31.7 Å². The standard InChI is InChI=1S/C12H14N4O/c1-8(2)3-4-11-15-12(17-16-11)10-5-9(6-13)7-14-10/h5,7-8,14H,3-4H2,1-2H3. The van der Waals surface area contributed by atoms with E-state index in [4.69, 9.17) is 9.78 Å². The fraction of sp³-hybridized carbons (Fsp3) is 0.417. The van der Waals surface area contributed by atoms with Crippen LogP contribution in [0.3, 0.4) is 0 Å². The highest BCUT2D eigenvalue weighted by molar-refractivity contribution is 5.51. The molecule has 1 N–H and O–H groups in total. The molecule has 2 aromatic rings. The SMILES string of the molecule is CC(C)CCc1noc(-c2cc(C#N)c[nH]2)n1. The van der Waals surface area contributed by atoms with Gasteiger partial charge in [0.15, 0.2) is 5.82 Å². The Kier molecular flexibility index (Phi) is 3.24. The first-order valence-electron chi connectivity index (χ1n) is 5.60. The van der Waals surface area contributed by atoms with Crippen molar-refractivity contribution in [2.45, 2.75) is 26.7 Å². The number of hydrogen-bond donors (Lipinski definition) is 1. The first kappa shape index (κ1) is 11.4. The van der Waals surface area contributed by atoms with Crippen molar-refractivity contribution < 1.29 is 4.52 Å². The van der Waals surface area contributed by atoms with Crippen molar-refractivity contribution in [1.29, 1.82) is 5.26 Å². The van der Waals surface area contributed by atoms with Crippen LogP contribution in [-0.2, 0) is 6.42 Å². The molecule has 88 valence electrons. The summed E-state index contributed by atoms with van der Waals surface area (Å²) in [6, 6.07) is 3.74. The number of H-pyrrole nitrogens is 1. The number of rotatable bonds is 4. The van der Waals surface area contributed by atoms with Gasteiger partial charge in [-0.1, -0.05) is 19.0 Å². The van der Waals surface area contributed by atoms with E-state index >= 15 is 0 Å². The van der Waals surface area contributed by atoms with E-state index in [1.54, 1.807) is 12.3 Å². The van der Waals surface area contributed by atoms with E-state index < -0.39 is 0 Å². The Morgan fingerprint density at radius 1 is 1.53 bits per heavy atom. The van der Waals surface area contributed by atoms with E-state index in [0.29, 0.717) is 28.9 Å². The van der Waals surface area contributed by atoms with Crippen LogP contribution in [0.15, 0.2) is 16.8 Å². The number of nitriles is 1. The average Bonchev–Trinajstić information content (AvgIpc) is 2.94. The van der Waals surface area contributed by atoms with Gasteiger partial charge in [-0.05, 0) is 18.4 Å². The van der Waals surface area contributed by atoms with Crippen molar-refractivity contribution >= 4 is 0 Å². The molecule has 0 fully saturated rings. The van der Waals surface area contributed by atoms with Crippen molar-refractivity contribution in [2.75, 3.05) is 0 Å². The van der Waals surface area contributed by atoms with Gasteiger partial charge in [0.2, 0.25) is 0 Å². The summed E-state index contributed by atoms with van der Waals surface area (Å²) in [5.74, 6) is 1.76. The molecule has 0 atom stereocenters. The van der Waals surface area contributed by atoms with Crippen LogP contribution in [-0.4, -0.2) is 15.1 Å². The smallest absolute Gasteiger partial charge is 0.274 e. The molecule has 0 aliphatic carbocycles. The zero-order valence-electron chi connectivity index (χ0n) is 9.90. The Labute approximate surface area is 99.5 Å². The van der Waals surface area contributed by atoms with Gasteiger partial charge in [-0.2, -0.15) is 10.2 Å². The lowest BCUT2D eigenvalue weighted by Gasteiger charge is -1.98. The first-order chi connectivity index (χ1) is 8.19. The van der Waals surface area contributed by atoms with Gasteiger partial charge in [0.1, 0.15) is 11.8 Å². The highest BCUT2D eigenvalue weighted by Gasteiger charge is 2.11. The van der Waals surface area contributed by atoms with Crippen LogP contribution < -0.4 is 0 Å². The minimum Gasteiger partial charge on any atom is -0.356 e. The topological polar surface area (TPSA) is 78.5 Å². The van der Waals surface area contributed by atoms with Crippen LogP contribution >= 0.6 is 0 Å². The van der Waals surface area contributed by atoms with Gasteiger partial charge in [-0.25, -0.2) is 0 Å². The van der Waals surface area contributed by atoms with Crippen molar-refractivity contribution in [3.05, 3.63) is 23.7 Å². The van der Waals surface area contributed by atoms with Crippen LogP contribution in [0.25, 0.3) is 11.6 Å². The predicted molar refractivity (Wildman–Crippen MR) is 62.0 cm³/mol. The second kappa shape index (κ2) is 4.83. The lowest BCUT2D eigenvalue weighted by atomic mass is 10.1. The second-order valence-corrected chi connectivity index (χ2v) is 4.36. The molecule has 0 saturated heterocycles. The monoisotopic (exact) mass is 230 g/mol. The van der Waals surface area contributed by atoms with E-state index in [2.05, 4.69) is 29.0 Å². The fourth-order valence-corrected chi connectivity index (χ4v) is 1.47. The van der Waals surface area contributed by atoms with Crippen molar-refractivity contribution in [3.63, 3.8) is 0 Å². The fourth-order valence-electron chi connectivity index (χ4n) is 1.47. The minimum atomic E-state index is 0.435. The van der Waals surface area contributed by atoms with Crippen molar-refractivity contribution in [3.8, 4) is 17.7 Å². The molecule has 0 bridgehead atoms. The van der Waals surface area contributed by atoms with Crippen molar-refractivity contribution in [2.24, 2.45) is 5.92 Å². The third-order valence-corrected chi connectivity index (χ3v) is 2.46. The average molecular weight is 230 g/mol. The van der Waals surface area contributed by atoms with E-state index in [1.807, 2.05) is 6.07 Å². The molecule has 0 unspecified atom stereocenters. The van der Waals surface area contributed by atoms with Gasteiger partial charge < -0.3 is 9.51 Å². The molecule has 0 aromatic carbocycles. The van der Waals surface area contributed by atoms with Gasteiger partial charge in [-0.15, -0.1) is 0 Å². The second-order valence-electron chi connectivity index (χ2n) is 4.36. The van der Waals surface area contributed by atoms with Crippen LogP contribution in [0.2, 0.25) is 0 Å². The minimum absolute atomic E-state index is 0.435. The number of hydrogen-bond acceptors (Lipinski definition) is 4. The zero-order chi connectivity index (χ0) is 12.3. The molecular weight excluding hydrogens is 216 g/mol. The summed E-state index contributed by atoms with van der Waals surface area (Å²) >= 11 is 0. The third-order valence-electron chi connectivity index (χ3n) is 2.46. The first-order valence-corrected chi connectivity index (χ1v) is 5.60. The quantitative estimate of drug-likeness (QED) is 0.875. The molecule has 5 nitrogen and oxygen atoms in total. The molecule has 0 saturated carbocycles. The number of nitrogens with one attached hydrogen (secondary N) is 1. The summed E-state index contributed by atoms with van der Waals surface area (Å²) < 4.78 is 5.14. The maximum absolute atomic E-state index is 8.71. The highest BCUT2D eigenvalue weighted by Crippen LogP contribution is 2.17. The van der Waals surface area contributed by atoms with E-state index in [0.717, 1.165) is 12.8 Å². The van der Waals surface area contributed by atoms with Gasteiger partial charge in [0.05, 0.1) is 5.56 Å². The maximum atomic E-state index is 8.71. The maximum Gasteiger partial charge on any atom is 0.274 e. The largest absolute Gasteiger partial charge is 0.356 e. The van der Waals surface area contributed by atoms with E-state index in [9.17, 15) is 0 Å². The normalized spacial score (nSPS) is 10.7. The molecular formula is C12H14N4O. The van der Waals surface area contributed by atoms with Crippen LogP contribution in [0.5, 0.6) is 0 Å². The Morgan fingerprint density at radius 2 is 2.35 bits per heavy atom. The van der Waals surface area contributed by atoms with Gasteiger partial charge in [0, 0.05) is 12.6 Å². The molecule has 17 heavy (non-hydrogen) atoms. The summed E-state index contributed by atoms with van der Waals surface area (Å²) in [7, 11) is 0. The number of aromatic nitrogens is 3. The molecule has 2 aromatic heterocycles. The summed E-state index contributed by atoms with van der Waals surface area (Å²) in [5, 5.41) is 12.6. The summed E-state index contributed by atoms with van der Waals surface area (Å²) in [5.41, 5.74) is 1.24. The molecule has 0 radical (unpaired) electrons. The summed E-state index contributed by atoms with van der Waals surface area (Å²) in [6.45, 7) is 4.32. The van der Waals surface area contributed by atoms with Gasteiger partial charge in [-0.3, -0.25) is 0 Å². The summed E-state index contributed by atoms with van der Waals surface area (Å²) in [6.07, 6.45) is 3.47. The molecule has 0 spiro atoms. The molecule has 0 amide bonds. The third kappa shape index (κ3) is 2.72. The van der Waals surface area contributed by atoms with Crippen LogP contribution in [0.4, 0.5) is 0 Å². The zero-order valence-corrected chi connectivity index (χ0v) is 9.90. The predicted octanol–water partition coefficient (Wildman–Crippen LogP) is 2.52. The van der Waals surface area contributed by atoms with Gasteiger partial charge in [0.25, 0.3) is 5.89 Å². The molecule has 5 heteroatoms. The van der Waals surface area contributed by atoms with E-state index in [1.165, 1.54) is 0 Å². The Balaban J connectivity index is 2.10. The lowest BCUT2D eigenvalue weighted by molar-refractivity contribution is 0.418. The number of aryl methyl sites for hydroxylation is 1. The number of nitrogens with zero attached hydrogens (tertiary/aromatic N) is 3. The van der Waals surface area contributed by atoms with Crippen LogP contribution in [0, 0.1) is 17.2 Å². The van der Waals surface area contributed by atoms with Gasteiger partial charge >= 0.3 is 0 Å². The highest BCUT2D eigenvalue weighted by atomic mass is 16.5. The molecule has 0 aliphatic heterocycles. The number of aromatic amines is 1. The van der Waals surface area contributed by atoms with Crippen molar-refractivity contribution in [1.82, 2.24) is 15.1 Å². The Morgan fingerprint density at radius 3 is 3.00 bits per heavy atom. The Hall–Kier alpha value is -2.09. The molecule has 0 aliphatic rings. The Bertz CT molecular complexity index is 533.